The van der Waals surface area contributed by atoms with E-state index in [0.29, 0.717) is 34.5 Å². The van der Waals surface area contributed by atoms with Gasteiger partial charge in [0, 0.05) is 24.2 Å². The first kappa shape index (κ1) is 22.7. The molecule has 1 N–H and O–H groups in total. The van der Waals surface area contributed by atoms with E-state index in [0.717, 1.165) is 0 Å². The largest absolute Gasteiger partial charge is 0.491 e. The highest BCUT2D eigenvalue weighted by Gasteiger charge is 2.34. The minimum Gasteiger partial charge on any atom is -0.491 e. The molecular weight excluding hydrogens is 438 g/mol. The van der Waals surface area contributed by atoms with Crippen molar-refractivity contribution in [3.05, 3.63) is 99.6 Å². The lowest BCUT2D eigenvalue weighted by Crippen LogP contribution is -2.31. The van der Waals surface area contributed by atoms with E-state index in [2.05, 4.69) is 5.32 Å². The van der Waals surface area contributed by atoms with Crippen molar-refractivity contribution in [1.82, 2.24) is 4.90 Å². The number of carbonyl (C=O) groups is 3. The van der Waals surface area contributed by atoms with Gasteiger partial charge in [0.25, 0.3) is 17.5 Å². The van der Waals surface area contributed by atoms with Crippen LogP contribution in [0.25, 0.3) is 0 Å². The molecule has 0 bridgehead atoms. The Labute approximate surface area is 195 Å². The standard InChI is InChI=1S/C25H21N3O6/c29-22(17-10-12-18(13-11-17)28(32)33)16-26-21-8-3-4-9-23(21)34-15-5-14-27-24(30)19-6-1-2-7-20(19)25(27)31/h1-4,6-13,26H,5,14-16H2. The lowest BCUT2D eigenvalue weighted by Gasteiger charge is -2.15. The predicted octanol–water partition coefficient (Wildman–Crippen LogP) is 3.95. The molecule has 0 unspecified atom stereocenters. The molecular formula is C25H21N3O6. The molecule has 0 saturated carbocycles. The van der Waals surface area contributed by atoms with Gasteiger partial charge in [0.2, 0.25) is 0 Å². The number of ether oxygens (including phenoxy) is 1. The van der Waals surface area contributed by atoms with Gasteiger partial charge < -0.3 is 10.1 Å². The van der Waals surface area contributed by atoms with Crippen molar-refractivity contribution >= 4 is 29.0 Å². The number of anilines is 1. The van der Waals surface area contributed by atoms with Crippen LogP contribution in [0, 0.1) is 10.1 Å². The Morgan fingerprint density at radius 2 is 1.53 bits per heavy atom. The van der Waals surface area contributed by atoms with Crippen LogP contribution in [0.15, 0.2) is 72.8 Å². The third-order valence-electron chi connectivity index (χ3n) is 5.39. The first-order chi connectivity index (χ1) is 16.5. The molecule has 0 aromatic heterocycles. The highest BCUT2D eigenvalue weighted by atomic mass is 16.6. The van der Waals surface area contributed by atoms with Gasteiger partial charge in [0.05, 0.1) is 34.9 Å². The lowest BCUT2D eigenvalue weighted by atomic mass is 10.1. The maximum atomic E-state index is 12.4. The number of hydrogen-bond acceptors (Lipinski definition) is 7. The first-order valence-electron chi connectivity index (χ1n) is 10.6. The molecule has 0 fully saturated rings. The SMILES string of the molecule is O=C(CNc1ccccc1OCCCN1C(=O)c2ccccc2C1=O)c1ccc([N+](=O)[O-])cc1. The third kappa shape index (κ3) is 4.78. The van der Waals surface area contributed by atoms with Gasteiger partial charge in [-0.2, -0.15) is 0 Å². The third-order valence-corrected chi connectivity index (χ3v) is 5.39. The fraction of sp³-hybridized carbons (Fsp3) is 0.160. The number of benzene rings is 3. The quantitative estimate of drug-likeness (QED) is 0.160. The highest BCUT2D eigenvalue weighted by Crippen LogP contribution is 2.25. The second-order valence-corrected chi connectivity index (χ2v) is 7.59. The van der Waals surface area contributed by atoms with Crippen molar-refractivity contribution < 1.29 is 24.0 Å². The van der Waals surface area contributed by atoms with E-state index in [9.17, 15) is 24.5 Å². The molecule has 3 aromatic carbocycles. The molecule has 1 aliphatic heterocycles. The molecule has 0 radical (unpaired) electrons. The minimum atomic E-state index is -0.519. The number of imide groups is 1. The van der Waals surface area contributed by atoms with E-state index in [1.54, 1.807) is 48.5 Å². The summed E-state index contributed by atoms with van der Waals surface area (Å²) in [7, 11) is 0. The molecule has 2 amide bonds. The number of nitrogens with zero attached hydrogens (tertiary/aromatic N) is 2. The van der Waals surface area contributed by atoms with E-state index in [4.69, 9.17) is 4.74 Å². The van der Waals surface area contributed by atoms with Crippen molar-refractivity contribution in [2.45, 2.75) is 6.42 Å². The summed E-state index contributed by atoms with van der Waals surface area (Å²) in [4.78, 5) is 48.8. The smallest absolute Gasteiger partial charge is 0.269 e. The van der Waals surface area contributed by atoms with Gasteiger partial charge in [-0.05, 0) is 42.8 Å². The van der Waals surface area contributed by atoms with Crippen LogP contribution >= 0.6 is 0 Å². The summed E-state index contributed by atoms with van der Waals surface area (Å²) in [5.41, 5.74) is 1.72. The molecule has 0 spiro atoms. The molecule has 1 aliphatic rings. The summed E-state index contributed by atoms with van der Waals surface area (Å²) in [5, 5.41) is 13.8. The number of carbonyl (C=O) groups excluding carboxylic acids is 3. The fourth-order valence-electron chi connectivity index (χ4n) is 3.63. The summed E-state index contributed by atoms with van der Waals surface area (Å²) in [6.07, 6.45) is 0.446. The number of rotatable bonds is 10. The zero-order valence-electron chi connectivity index (χ0n) is 18.1. The van der Waals surface area contributed by atoms with Crippen LogP contribution in [0.4, 0.5) is 11.4 Å². The van der Waals surface area contributed by atoms with E-state index in [1.165, 1.54) is 29.2 Å². The first-order valence-corrected chi connectivity index (χ1v) is 10.6. The Hall–Kier alpha value is -4.53. The normalized spacial score (nSPS) is 12.4. The van der Waals surface area contributed by atoms with E-state index in [1.807, 2.05) is 0 Å². The minimum absolute atomic E-state index is 0.0206. The molecule has 9 heteroatoms. The summed E-state index contributed by atoms with van der Waals surface area (Å²) in [6, 6.07) is 19.3. The number of hydrogen-bond donors (Lipinski definition) is 1. The number of non-ortho nitro benzene ring substituents is 1. The molecule has 172 valence electrons. The van der Waals surface area contributed by atoms with Gasteiger partial charge in [0.1, 0.15) is 5.75 Å². The Kier molecular flexibility index (Phi) is 6.63. The Morgan fingerprint density at radius 1 is 0.912 bits per heavy atom. The lowest BCUT2D eigenvalue weighted by molar-refractivity contribution is -0.384. The molecule has 4 rings (SSSR count). The molecule has 34 heavy (non-hydrogen) atoms. The van der Waals surface area contributed by atoms with Crippen molar-refractivity contribution in [2.75, 3.05) is 25.0 Å². The summed E-state index contributed by atoms with van der Waals surface area (Å²) >= 11 is 0. The van der Waals surface area contributed by atoms with Gasteiger partial charge in [0.15, 0.2) is 5.78 Å². The number of nitrogens with one attached hydrogen (secondary N) is 1. The number of nitro benzene ring substituents is 1. The van der Waals surface area contributed by atoms with Gasteiger partial charge >= 0.3 is 0 Å². The predicted molar refractivity (Wildman–Crippen MR) is 124 cm³/mol. The van der Waals surface area contributed by atoms with Gasteiger partial charge in [-0.1, -0.05) is 24.3 Å². The van der Waals surface area contributed by atoms with Gasteiger partial charge in [-0.15, -0.1) is 0 Å². The van der Waals surface area contributed by atoms with Crippen LogP contribution < -0.4 is 10.1 Å². The Bertz CT molecular complexity index is 1220. The van der Waals surface area contributed by atoms with Crippen LogP contribution in [-0.2, 0) is 0 Å². The number of Topliss-reactive ketones (excluding diaryl/α,β-unsaturated/α-hetero) is 1. The molecule has 9 nitrogen and oxygen atoms in total. The summed E-state index contributed by atoms with van der Waals surface area (Å²) in [6.45, 7) is 0.482. The monoisotopic (exact) mass is 459 g/mol. The van der Waals surface area contributed by atoms with E-state index >= 15 is 0 Å². The maximum Gasteiger partial charge on any atom is 0.269 e. The number of amides is 2. The molecule has 0 atom stereocenters. The molecule has 0 saturated heterocycles. The van der Waals surface area contributed by atoms with Crippen molar-refractivity contribution in [3.63, 3.8) is 0 Å². The average molecular weight is 459 g/mol. The molecule has 3 aromatic rings. The zero-order valence-corrected chi connectivity index (χ0v) is 18.1. The van der Waals surface area contributed by atoms with Crippen molar-refractivity contribution in [3.8, 4) is 5.75 Å². The van der Waals surface area contributed by atoms with E-state index in [-0.39, 0.29) is 43.0 Å². The number of ketones is 1. The van der Waals surface area contributed by atoms with Gasteiger partial charge in [-0.3, -0.25) is 29.4 Å². The Morgan fingerprint density at radius 3 is 2.18 bits per heavy atom. The summed E-state index contributed by atoms with van der Waals surface area (Å²) in [5.74, 6) is -0.295. The topological polar surface area (TPSA) is 119 Å². The fourth-order valence-corrected chi connectivity index (χ4v) is 3.63. The van der Waals surface area contributed by atoms with Crippen molar-refractivity contribution in [2.24, 2.45) is 0 Å². The number of para-hydroxylation sites is 2. The molecule has 1 heterocycles. The number of nitro groups is 1. The van der Waals surface area contributed by atoms with Crippen LogP contribution in [-0.4, -0.2) is 47.1 Å². The van der Waals surface area contributed by atoms with Crippen LogP contribution in [0.3, 0.4) is 0 Å². The second-order valence-electron chi connectivity index (χ2n) is 7.59. The van der Waals surface area contributed by atoms with Crippen LogP contribution in [0.5, 0.6) is 5.75 Å². The number of fused-ring (bicyclic) bond motifs is 1. The van der Waals surface area contributed by atoms with Crippen LogP contribution in [0.1, 0.15) is 37.5 Å². The van der Waals surface area contributed by atoms with E-state index < -0.39 is 4.92 Å². The summed E-state index contributed by atoms with van der Waals surface area (Å²) < 4.78 is 5.83. The van der Waals surface area contributed by atoms with Gasteiger partial charge in [-0.25, -0.2) is 0 Å². The second kappa shape index (κ2) is 9.95. The Balaban J connectivity index is 1.29. The van der Waals surface area contributed by atoms with Crippen molar-refractivity contribution in [1.29, 1.82) is 0 Å². The zero-order chi connectivity index (χ0) is 24.1. The maximum absolute atomic E-state index is 12.4. The average Bonchev–Trinajstić information content (AvgIpc) is 3.10. The molecule has 0 aliphatic carbocycles. The van der Waals surface area contributed by atoms with Crippen LogP contribution in [0.2, 0.25) is 0 Å². The highest BCUT2D eigenvalue weighted by molar-refractivity contribution is 6.21.